The number of rotatable bonds is 5. The first kappa shape index (κ1) is 15.3. The van der Waals surface area contributed by atoms with Gasteiger partial charge in [0.2, 0.25) is 0 Å². The van der Waals surface area contributed by atoms with E-state index in [2.05, 4.69) is 34.2 Å². The normalized spacial score (nSPS) is 15.1. The van der Waals surface area contributed by atoms with Gasteiger partial charge in [-0.05, 0) is 31.2 Å². The maximum absolute atomic E-state index is 5.91. The van der Waals surface area contributed by atoms with Gasteiger partial charge in [-0.25, -0.2) is 0 Å². The van der Waals surface area contributed by atoms with E-state index >= 15 is 0 Å². The van der Waals surface area contributed by atoms with Crippen molar-refractivity contribution in [3.63, 3.8) is 0 Å². The summed E-state index contributed by atoms with van der Waals surface area (Å²) in [5, 5.41) is 0. The lowest BCUT2D eigenvalue weighted by molar-refractivity contribution is 0.487. The summed E-state index contributed by atoms with van der Waals surface area (Å²) in [5.41, 5.74) is 7.29. The molecule has 4 heteroatoms. The third-order valence-electron chi connectivity index (χ3n) is 3.20. The fourth-order valence-electron chi connectivity index (χ4n) is 1.88. The highest BCUT2D eigenvalue weighted by molar-refractivity contribution is 14.0. The Hall–Kier alpha value is -0.780. The minimum Gasteiger partial charge on any atom is -0.370 e. The van der Waals surface area contributed by atoms with E-state index in [1.807, 2.05) is 13.1 Å². The lowest BCUT2D eigenvalue weighted by Gasteiger charge is -2.16. The van der Waals surface area contributed by atoms with E-state index in [0.717, 1.165) is 19.4 Å². The molecule has 1 aromatic carbocycles. The molecular weight excluding hydrogens is 337 g/mol. The average Bonchev–Trinajstić information content (AvgIpc) is 3.19. The Morgan fingerprint density at radius 3 is 2.61 bits per heavy atom. The first-order valence-electron chi connectivity index (χ1n) is 6.34. The van der Waals surface area contributed by atoms with Crippen LogP contribution in [0.5, 0.6) is 0 Å². The van der Waals surface area contributed by atoms with Gasteiger partial charge in [-0.2, -0.15) is 0 Å². The highest BCUT2D eigenvalue weighted by Crippen LogP contribution is 2.24. The Bertz CT molecular complexity index is 374. The number of guanidine groups is 1. The van der Waals surface area contributed by atoms with Crippen molar-refractivity contribution >= 4 is 29.9 Å². The molecule has 1 fully saturated rings. The highest BCUT2D eigenvalue weighted by atomic mass is 127. The standard InChI is InChI=1S/C14H21N3.HI/c1-17(13-9-10-13)14(15)16-11-5-8-12-6-3-2-4-7-12;/h2-4,6-7,13H,5,8-11H2,1H3,(H2,15,16);1H. The van der Waals surface area contributed by atoms with Crippen molar-refractivity contribution in [2.75, 3.05) is 13.6 Å². The van der Waals surface area contributed by atoms with Crippen LogP contribution in [-0.4, -0.2) is 30.5 Å². The van der Waals surface area contributed by atoms with Gasteiger partial charge < -0.3 is 10.6 Å². The Kier molecular flexibility index (Phi) is 6.46. The van der Waals surface area contributed by atoms with Crippen LogP contribution in [0.4, 0.5) is 0 Å². The molecule has 2 rings (SSSR count). The van der Waals surface area contributed by atoms with Gasteiger partial charge in [0.1, 0.15) is 0 Å². The molecule has 3 nitrogen and oxygen atoms in total. The molecule has 1 saturated carbocycles. The quantitative estimate of drug-likeness (QED) is 0.380. The first-order chi connectivity index (χ1) is 8.27. The smallest absolute Gasteiger partial charge is 0.191 e. The zero-order valence-electron chi connectivity index (χ0n) is 10.9. The molecule has 0 atom stereocenters. The second-order valence-corrected chi connectivity index (χ2v) is 4.67. The Labute approximate surface area is 126 Å². The molecule has 100 valence electrons. The first-order valence-corrected chi connectivity index (χ1v) is 6.34. The number of aliphatic imine (C=N–C) groups is 1. The van der Waals surface area contributed by atoms with Crippen LogP contribution < -0.4 is 5.73 Å². The van der Waals surface area contributed by atoms with Crippen molar-refractivity contribution in [1.82, 2.24) is 4.90 Å². The second-order valence-electron chi connectivity index (χ2n) is 4.67. The largest absolute Gasteiger partial charge is 0.370 e. The highest BCUT2D eigenvalue weighted by Gasteiger charge is 2.27. The molecule has 0 saturated heterocycles. The molecule has 0 aromatic heterocycles. The summed E-state index contributed by atoms with van der Waals surface area (Å²) in [4.78, 5) is 6.52. The number of nitrogens with zero attached hydrogens (tertiary/aromatic N) is 2. The summed E-state index contributed by atoms with van der Waals surface area (Å²) in [6.07, 6.45) is 4.65. The summed E-state index contributed by atoms with van der Waals surface area (Å²) in [6.45, 7) is 0.817. The van der Waals surface area contributed by atoms with Gasteiger partial charge in [-0.3, -0.25) is 4.99 Å². The van der Waals surface area contributed by atoms with E-state index in [4.69, 9.17) is 5.73 Å². The van der Waals surface area contributed by atoms with Crippen molar-refractivity contribution in [3.8, 4) is 0 Å². The minimum atomic E-state index is 0. The van der Waals surface area contributed by atoms with Crippen LogP contribution in [0.2, 0.25) is 0 Å². The van der Waals surface area contributed by atoms with Crippen LogP contribution in [0, 0.1) is 0 Å². The molecule has 0 bridgehead atoms. The molecular formula is C14H22IN3. The van der Waals surface area contributed by atoms with Crippen molar-refractivity contribution in [1.29, 1.82) is 0 Å². The molecule has 2 N–H and O–H groups in total. The van der Waals surface area contributed by atoms with E-state index in [1.54, 1.807) is 0 Å². The molecule has 0 heterocycles. The summed E-state index contributed by atoms with van der Waals surface area (Å²) in [5.74, 6) is 0.695. The molecule has 0 amide bonds. The number of halogens is 1. The van der Waals surface area contributed by atoms with Crippen molar-refractivity contribution in [2.45, 2.75) is 31.7 Å². The molecule has 1 aliphatic carbocycles. The topological polar surface area (TPSA) is 41.6 Å². The van der Waals surface area contributed by atoms with E-state index in [0.29, 0.717) is 12.0 Å². The fourth-order valence-corrected chi connectivity index (χ4v) is 1.88. The predicted molar refractivity (Wildman–Crippen MR) is 87.5 cm³/mol. The fraction of sp³-hybridized carbons (Fsp3) is 0.500. The molecule has 0 spiro atoms. The van der Waals surface area contributed by atoms with Crippen LogP contribution in [0.15, 0.2) is 35.3 Å². The number of aryl methyl sites for hydroxylation is 1. The van der Waals surface area contributed by atoms with Gasteiger partial charge in [-0.1, -0.05) is 30.3 Å². The Morgan fingerprint density at radius 2 is 2.00 bits per heavy atom. The maximum Gasteiger partial charge on any atom is 0.191 e. The summed E-state index contributed by atoms with van der Waals surface area (Å²) in [7, 11) is 2.04. The van der Waals surface area contributed by atoms with Crippen LogP contribution in [-0.2, 0) is 6.42 Å². The number of hydrogen-bond donors (Lipinski definition) is 1. The lowest BCUT2D eigenvalue weighted by Crippen LogP contribution is -2.35. The van der Waals surface area contributed by atoms with Crippen LogP contribution in [0.3, 0.4) is 0 Å². The third-order valence-corrected chi connectivity index (χ3v) is 3.20. The molecule has 1 aliphatic rings. The summed E-state index contributed by atoms with van der Waals surface area (Å²) >= 11 is 0. The SMILES string of the molecule is CN(C(N)=NCCCc1ccccc1)C1CC1.I. The molecule has 0 unspecified atom stereocenters. The van der Waals surface area contributed by atoms with E-state index in [9.17, 15) is 0 Å². The van der Waals surface area contributed by atoms with Crippen molar-refractivity contribution in [2.24, 2.45) is 10.7 Å². The third kappa shape index (κ3) is 4.84. The van der Waals surface area contributed by atoms with Gasteiger partial charge in [0.25, 0.3) is 0 Å². The molecule has 0 aliphatic heterocycles. The minimum absolute atomic E-state index is 0. The van der Waals surface area contributed by atoms with Gasteiger partial charge in [0.05, 0.1) is 0 Å². The predicted octanol–water partition coefficient (Wildman–Crippen LogP) is 2.65. The van der Waals surface area contributed by atoms with E-state index < -0.39 is 0 Å². The summed E-state index contributed by atoms with van der Waals surface area (Å²) < 4.78 is 0. The van der Waals surface area contributed by atoms with Gasteiger partial charge in [-0.15, -0.1) is 24.0 Å². The number of benzene rings is 1. The zero-order valence-corrected chi connectivity index (χ0v) is 13.2. The zero-order chi connectivity index (χ0) is 12.1. The van der Waals surface area contributed by atoms with Crippen LogP contribution in [0.25, 0.3) is 0 Å². The van der Waals surface area contributed by atoms with Gasteiger partial charge in [0, 0.05) is 19.6 Å². The number of hydrogen-bond acceptors (Lipinski definition) is 1. The average molecular weight is 359 g/mol. The van der Waals surface area contributed by atoms with Crippen molar-refractivity contribution in [3.05, 3.63) is 35.9 Å². The Morgan fingerprint density at radius 1 is 1.33 bits per heavy atom. The van der Waals surface area contributed by atoms with Crippen molar-refractivity contribution < 1.29 is 0 Å². The van der Waals surface area contributed by atoms with Gasteiger partial charge >= 0.3 is 0 Å². The number of nitrogens with two attached hydrogens (primary N) is 1. The van der Waals surface area contributed by atoms with Gasteiger partial charge in [0.15, 0.2) is 5.96 Å². The lowest BCUT2D eigenvalue weighted by atomic mass is 10.1. The second kappa shape index (κ2) is 7.61. The van der Waals surface area contributed by atoms with Crippen LogP contribution in [0.1, 0.15) is 24.8 Å². The maximum atomic E-state index is 5.91. The summed E-state index contributed by atoms with van der Waals surface area (Å²) in [6, 6.07) is 11.2. The van der Waals surface area contributed by atoms with Crippen LogP contribution >= 0.6 is 24.0 Å². The van der Waals surface area contributed by atoms with E-state index in [-0.39, 0.29) is 24.0 Å². The Balaban J connectivity index is 0.00000162. The molecule has 1 aromatic rings. The van der Waals surface area contributed by atoms with E-state index in [1.165, 1.54) is 18.4 Å². The molecule has 0 radical (unpaired) electrons. The molecule has 18 heavy (non-hydrogen) atoms. The monoisotopic (exact) mass is 359 g/mol.